The van der Waals surface area contributed by atoms with Gasteiger partial charge in [-0.05, 0) is 43.4 Å². The maximum atomic E-state index is 11.8. The van der Waals surface area contributed by atoms with Crippen LogP contribution in [0.15, 0.2) is 24.3 Å². The van der Waals surface area contributed by atoms with Crippen LogP contribution in [-0.2, 0) is 11.3 Å². The Labute approximate surface area is 141 Å². The van der Waals surface area contributed by atoms with Crippen molar-refractivity contribution in [2.75, 3.05) is 6.54 Å². The van der Waals surface area contributed by atoms with Crippen molar-refractivity contribution in [3.8, 4) is 0 Å². The van der Waals surface area contributed by atoms with Crippen molar-refractivity contribution >= 4 is 23.5 Å². The van der Waals surface area contributed by atoms with Crippen LogP contribution in [0.1, 0.15) is 31.2 Å². The average Bonchev–Trinajstić information content (AvgIpc) is 2.54. The summed E-state index contributed by atoms with van der Waals surface area (Å²) in [6, 6.07) is 7.24. The van der Waals surface area contributed by atoms with Gasteiger partial charge in [0.05, 0.1) is 6.54 Å². The van der Waals surface area contributed by atoms with Crippen LogP contribution in [0.3, 0.4) is 0 Å². The molecule has 3 amide bonds. The van der Waals surface area contributed by atoms with E-state index in [1.54, 1.807) is 12.1 Å². The van der Waals surface area contributed by atoms with Gasteiger partial charge in [-0.25, -0.2) is 4.79 Å². The third-order valence-corrected chi connectivity index (χ3v) is 4.16. The SMILES string of the molecule is NC1CCC(NC(=O)CNC(=O)NCc2ccc(Cl)cc2)CC1. The number of carbonyl (C=O) groups is 2. The van der Waals surface area contributed by atoms with Gasteiger partial charge in [0.2, 0.25) is 5.91 Å². The zero-order chi connectivity index (χ0) is 16.7. The molecule has 0 spiro atoms. The Morgan fingerprint density at radius 3 is 2.39 bits per heavy atom. The lowest BCUT2D eigenvalue weighted by Crippen LogP contribution is -2.46. The molecule has 126 valence electrons. The molecule has 0 radical (unpaired) electrons. The number of carbonyl (C=O) groups excluding carboxylic acids is 2. The standard InChI is InChI=1S/C16H23ClN4O2/c17-12-3-1-11(2-4-12)9-19-16(23)20-10-15(22)21-14-7-5-13(18)6-8-14/h1-4,13-14H,5-10,18H2,(H,21,22)(H2,19,20,23). The zero-order valence-electron chi connectivity index (χ0n) is 13.0. The fraction of sp³-hybridized carbons (Fsp3) is 0.500. The highest BCUT2D eigenvalue weighted by Crippen LogP contribution is 2.16. The predicted molar refractivity (Wildman–Crippen MR) is 90.1 cm³/mol. The molecule has 0 bridgehead atoms. The second-order valence-corrected chi connectivity index (χ2v) is 6.28. The number of nitrogens with two attached hydrogens (primary N) is 1. The van der Waals surface area contributed by atoms with Gasteiger partial charge in [0.1, 0.15) is 0 Å². The van der Waals surface area contributed by atoms with Gasteiger partial charge in [-0.2, -0.15) is 0 Å². The molecule has 0 aliphatic heterocycles. The van der Waals surface area contributed by atoms with Crippen LogP contribution >= 0.6 is 11.6 Å². The maximum absolute atomic E-state index is 11.8. The van der Waals surface area contributed by atoms with Gasteiger partial charge < -0.3 is 21.7 Å². The topological polar surface area (TPSA) is 96.2 Å². The minimum Gasteiger partial charge on any atom is -0.352 e. The largest absolute Gasteiger partial charge is 0.352 e. The lowest BCUT2D eigenvalue weighted by molar-refractivity contribution is -0.121. The third kappa shape index (κ3) is 6.46. The summed E-state index contributed by atoms with van der Waals surface area (Å²) < 4.78 is 0. The normalized spacial score (nSPS) is 20.6. The summed E-state index contributed by atoms with van der Waals surface area (Å²) in [5, 5.41) is 8.82. The summed E-state index contributed by atoms with van der Waals surface area (Å²) in [5.74, 6) is -0.174. The Morgan fingerprint density at radius 1 is 1.09 bits per heavy atom. The van der Waals surface area contributed by atoms with E-state index in [-0.39, 0.29) is 30.6 Å². The number of nitrogens with one attached hydrogen (secondary N) is 3. The van der Waals surface area contributed by atoms with Crippen molar-refractivity contribution in [1.82, 2.24) is 16.0 Å². The average molecular weight is 339 g/mol. The lowest BCUT2D eigenvalue weighted by atomic mass is 9.92. The van der Waals surface area contributed by atoms with Crippen molar-refractivity contribution in [3.05, 3.63) is 34.9 Å². The Hall–Kier alpha value is -1.79. The highest BCUT2D eigenvalue weighted by Gasteiger charge is 2.19. The first-order valence-electron chi connectivity index (χ1n) is 7.84. The van der Waals surface area contributed by atoms with Crippen LogP contribution in [-0.4, -0.2) is 30.6 Å². The van der Waals surface area contributed by atoms with E-state index in [0.29, 0.717) is 11.6 Å². The molecule has 1 aliphatic rings. The van der Waals surface area contributed by atoms with E-state index in [1.165, 1.54) is 0 Å². The number of benzene rings is 1. The highest BCUT2D eigenvalue weighted by molar-refractivity contribution is 6.30. The molecule has 23 heavy (non-hydrogen) atoms. The fourth-order valence-electron chi connectivity index (χ4n) is 2.55. The van der Waals surface area contributed by atoms with Gasteiger partial charge in [0.25, 0.3) is 0 Å². The van der Waals surface area contributed by atoms with E-state index in [0.717, 1.165) is 31.2 Å². The molecule has 0 aromatic heterocycles. The summed E-state index contributed by atoms with van der Waals surface area (Å²) in [6.45, 7) is 0.347. The number of amides is 3. The highest BCUT2D eigenvalue weighted by atomic mass is 35.5. The van der Waals surface area contributed by atoms with E-state index >= 15 is 0 Å². The molecule has 0 saturated heterocycles. The molecule has 1 aliphatic carbocycles. The monoisotopic (exact) mass is 338 g/mol. The molecular weight excluding hydrogens is 316 g/mol. The molecule has 0 unspecified atom stereocenters. The fourth-order valence-corrected chi connectivity index (χ4v) is 2.68. The van der Waals surface area contributed by atoms with Crippen molar-refractivity contribution in [2.24, 2.45) is 5.73 Å². The summed E-state index contributed by atoms with van der Waals surface area (Å²) in [5.41, 5.74) is 6.77. The molecule has 0 heterocycles. The first-order chi connectivity index (χ1) is 11.0. The van der Waals surface area contributed by atoms with Gasteiger partial charge in [-0.1, -0.05) is 23.7 Å². The van der Waals surface area contributed by atoms with E-state index in [2.05, 4.69) is 16.0 Å². The van der Waals surface area contributed by atoms with Gasteiger partial charge >= 0.3 is 6.03 Å². The number of halogens is 1. The Morgan fingerprint density at radius 2 is 1.74 bits per heavy atom. The van der Waals surface area contributed by atoms with Crippen LogP contribution in [0, 0.1) is 0 Å². The van der Waals surface area contributed by atoms with Crippen LogP contribution in [0.25, 0.3) is 0 Å². The molecule has 1 aromatic rings. The summed E-state index contributed by atoms with van der Waals surface area (Å²) in [6.07, 6.45) is 3.66. The minimum atomic E-state index is -0.374. The zero-order valence-corrected chi connectivity index (χ0v) is 13.7. The number of rotatable bonds is 5. The van der Waals surface area contributed by atoms with E-state index in [1.807, 2.05) is 12.1 Å². The quantitative estimate of drug-likeness (QED) is 0.655. The van der Waals surface area contributed by atoms with Crippen molar-refractivity contribution < 1.29 is 9.59 Å². The lowest BCUT2D eigenvalue weighted by Gasteiger charge is -2.26. The predicted octanol–water partition coefficient (Wildman–Crippen LogP) is 1.53. The first kappa shape index (κ1) is 17.6. The minimum absolute atomic E-state index is 0.0327. The maximum Gasteiger partial charge on any atom is 0.315 e. The number of hydrogen-bond donors (Lipinski definition) is 4. The smallest absolute Gasteiger partial charge is 0.315 e. The molecular formula is C16H23ClN4O2. The van der Waals surface area contributed by atoms with Gasteiger partial charge in [0, 0.05) is 23.7 Å². The Balaban J connectivity index is 1.61. The van der Waals surface area contributed by atoms with E-state index in [9.17, 15) is 9.59 Å². The Kier molecular flexibility index (Phi) is 6.67. The molecule has 1 saturated carbocycles. The summed E-state index contributed by atoms with van der Waals surface area (Å²) >= 11 is 5.80. The van der Waals surface area contributed by atoms with Gasteiger partial charge in [-0.3, -0.25) is 4.79 Å². The Bertz CT molecular complexity index is 527. The number of hydrogen-bond acceptors (Lipinski definition) is 3. The molecule has 1 fully saturated rings. The van der Waals surface area contributed by atoms with E-state index in [4.69, 9.17) is 17.3 Å². The van der Waals surface area contributed by atoms with Gasteiger partial charge in [0.15, 0.2) is 0 Å². The van der Waals surface area contributed by atoms with Crippen molar-refractivity contribution in [2.45, 2.75) is 44.3 Å². The van der Waals surface area contributed by atoms with Crippen molar-refractivity contribution in [3.63, 3.8) is 0 Å². The molecule has 5 N–H and O–H groups in total. The summed E-state index contributed by atoms with van der Waals surface area (Å²) in [7, 11) is 0. The van der Waals surface area contributed by atoms with E-state index < -0.39 is 0 Å². The summed E-state index contributed by atoms with van der Waals surface area (Å²) in [4.78, 5) is 23.5. The molecule has 1 aromatic carbocycles. The van der Waals surface area contributed by atoms with Crippen LogP contribution in [0.4, 0.5) is 4.79 Å². The second kappa shape index (κ2) is 8.74. The number of urea groups is 1. The third-order valence-electron chi connectivity index (χ3n) is 3.91. The molecule has 2 rings (SSSR count). The molecule has 7 heteroatoms. The second-order valence-electron chi connectivity index (χ2n) is 5.84. The van der Waals surface area contributed by atoms with Crippen LogP contribution < -0.4 is 21.7 Å². The van der Waals surface area contributed by atoms with Crippen LogP contribution in [0.5, 0.6) is 0 Å². The molecule has 0 atom stereocenters. The van der Waals surface area contributed by atoms with Crippen LogP contribution in [0.2, 0.25) is 5.02 Å². The van der Waals surface area contributed by atoms with Crippen molar-refractivity contribution in [1.29, 1.82) is 0 Å². The first-order valence-corrected chi connectivity index (χ1v) is 8.22. The molecule has 6 nitrogen and oxygen atoms in total. The van der Waals surface area contributed by atoms with Gasteiger partial charge in [-0.15, -0.1) is 0 Å².